The summed E-state index contributed by atoms with van der Waals surface area (Å²) in [6.07, 6.45) is 3.93. The van der Waals surface area contributed by atoms with Crippen LogP contribution in [0.1, 0.15) is 11.1 Å². The maximum atomic E-state index is 12.6. The predicted octanol–water partition coefficient (Wildman–Crippen LogP) is 5.23. The Hall–Kier alpha value is -0.840. The van der Waals surface area contributed by atoms with Gasteiger partial charge in [-0.1, -0.05) is 45.8 Å². The summed E-state index contributed by atoms with van der Waals surface area (Å²) < 4.78 is 14.5. The van der Waals surface area contributed by atoms with E-state index < -0.39 is 10.8 Å². The van der Waals surface area contributed by atoms with Crippen molar-refractivity contribution in [1.82, 2.24) is 0 Å². The molecule has 0 aliphatic rings. The van der Waals surface area contributed by atoms with E-state index in [9.17, 15) is 4.21 Å². The second-order valence-corrected chi connectivity index (χ2v) is 7.77. The van der Waals surface area contributed by atoms with Crippen molar-refractivity contribution in [2.24, 2.45) is 0 Å². The van der Waals surface area contributed by atoms with E-state index in [4.69, 9.17) is 0 Å². The van der Waals surface area contributed by atoms with E-state index in [1.54, 1.807) is 0 Å². The van der Waals surface area contributed by atoms with Crippen LogP contribution in [0.5, 0.6) is 0 Å². The van der Waals surface area contributed by atoms with E-state index in [0.717, 1.165) is 19.2 Å². The van der Waals surface area contributed by atoms with Crippen LogP contribution in [0.25, 0.3) is 6.08 Å². The second kappa shape index (κ2) is 7.25. The van der Waals surface area contributed by atoms with Gasteiger partial charge in [0.1, 0.15) is 0 Å². The lowest BCUT2D eigenvalue weighted by atomic mass is 10.2. The monoisotopic (exact) mass is 366 g/mol. The molecule has 0 aliphatic heterocycles. The number of hydrogen-bond donors (Lipinski definition) is 0. The third kappa shape index (κ3) is 4.08. The Bertz CT molecular complexity index is 631. The molecule has 0 heterocycles. The summed E-state index contributed by atoms with van der Waals surface area (Å²) >= 11 is 4.94. The molecule has 0 spiro atoms. The second-order valence-electron chi connectivity index (χ2n) is 4.30. The van der Waals surface area contributed by atoms with Crippen molar-refractivity contribution in [2.75, 3.05) is 6.26 Å². The summed E-state index contributed by atoms with van der Waals surface area (Å²) in [5.74, 6) is 0. The lowest BCUT2D eigenvalue weighted by Crippen LogP contribution is -1.93. The molecule has 104 valence electrons. The van der Waals surface area contributed by atoms with E-state index in [-0.39, 0.29) is 0 Å². The molecule has 0 unspecified atom stereocenters. The maximum absolute atomic E-state index is 12.6. The van der Waals surface area contributed by atoms with Crippen molar-refractivity contribution in [2.45, 2.75) is 11.8 Å². The molecule has 0 saturated carbocycles. The van der Waals surface area contributed by atoms with Gasteiger partial charge in [0.15, 0.2) is 0 Å². The van der Waals surface area contributed by atoms with Crippen molar-refractivity contribution in [3.63, 3.8) is 0 Å². The molecule has 1 atom stereocenters. The van der Waals surface area contributed by atoms with Crippen LogP contribution in [-0.4, -0.2) is 10.5 Å². The Morgan fingerprint density at radius 3 is 2.25 bits per heavy atom. The van der Waals surface area contributed by atoms with Crippen LogP contribution >= 0.6 is 27.7 Å². The van der Waals surface area contributed by atoms with Gasteiger partial charge in [0.05, 0.1) is 15.0 Å². The van der Waals surface area contributed by atoms with Gasteiger partial charge >= 0.3 is 0 Å². The smallest absolute Gasteiger partial charge is 0.0914 e. The summed E-state index contributed by atoms with van der Waals surface area (Å²) in [6.45, 7) is 2.03. The van der Waals surface area contributed by atoms with Crippen molar-refractivity contribution in [1.29, 1.82) is 0 Å². The van der Waals surface area contributed by atoms with Gasteiger partial charge in [0.2, 0.25) is 0 Å². The van der Waals surface area contributed by atoms with Crippen LogP contribution in [0.4, 0.5) is 0 Å². The quantitative estimate of drug-likeness (QED) is 0.736. The third-order valence-corrected chi connectivity index (χ3v) is 5.96. The number of hydrogen-bond acceptors (Lipinski definition) is 2. The molecule has 4 heteroatoms. The van der Waals surface area contributed by atoms with Gasteiger partial charge in [-0.05, 0) is 49.1 Å². The number of aryl methyl sites for hydroxylation is 1. The molecule has 2 aromatic rings. The molecule has 0 amide bonds. The molecular weight excluding hydrogens is 352 g/mol. The molecule has 0 saturated heterocycles. The normalized spacial score (nSPS) is 13.2. The topological polar surface area (TPSA) is 17.1 Å². The third-order valence-electron chi connectivity index (χ3n) is 2.77. The highest BCUT2D eigenvalue weighted by molar-refractivity contribution is 9.10. The van der Waals surface area contributed by atoms with Gasteiger partial charge in [-0.3, -0.25) is 0 Å². The van der Waals surface area contributed by atoms with Crippen molar-refractivity contribution >= 4 is 44.6 Å². The molecule has 1 nitrogen and oxygen atoms in total. The number of rotatable bonds is 4. The minimum atomic E-state index is -1.12. The number of thioether (sulfide) groups is 1. The van der Waals surface area contributed by atoms with E-state index in [2.05, 4.69) is 15.9 Å². The zero-order valence-electron chi connectivity index (χ0n) is 11.3. The standard InChI is InChI=1S/C16H15BrOS2/c1-12-3-9-15(10-4-12)20(18)16(19-2)11-13-5-7-14(17)8-6-13/h3-11H,1-2H3/b16-11+/t20-/m1/s1. The van der Waals surface area contributed by atoms with E-state index in [0.29, 0.717) is 0 Å². The summed E-state index contributed by atoms with van der Waals surface area (Å²) in [4.78, 5) is 0.841. The Labute approximate surface area is 135 Å². The molecule has 0 N–H and O–H groups in total. The molecule has 20 heavy (non-hydrogen) atoms. The molecule has 2 rings (SSSR count). The molecule has 0 aromatic heterocycles. The van der Waals surface area contributed by atoms with Gasteiger partial charge in [0.25, 0.3) is 0 Å². The van der Waals surface area contributed by atoms with E-state index in [1.165, 1.54) is 17.3 Å². The first-order valence-electron chi connectivity index (χ1n) is 6.10. The maximum Gasteiger partial charge on any atom is 0.0914 e. The summed E-state index contributed by atoms with van der Waals surface area (Å²) in [5.41, 5.74) is 2.23. The van der Waals surface area contributed by atoms with E-state index in [1.807, 2.05) is 67.8 Å². The molecule has 0 fully saturated rings. The fraction of sp³-hybridized carbons (Fsp3) is 0.125. The zero-order valence-corrected chi connectivity index (χ0v) is 14.5. The highest BCUT2D eigenvalue weighted by Crippen LogP contribution is 2.26. The average molecular weight is 367 g/mol. The first-order valence-corrected chi connectivity index (χ1v) is 9.26. The fourth-order valence-corrected chi connectivity index (χ4v) is 3.93. The molecule has 2 aromatic carbocycles. The molecule has 0 radical (unpaired) electrons. The zero-order chi connectivity index (χ0) is 14.5. The SMILES string of the molecule is CS/C(=C\c1ccc(Br)cc1)[S@](=O)c1ccc(C)cc1. The largest absolute Gasteiger partial charge is 0.249 e. The van der Waals surface area contributed by atoms with Gasteiger partial charge in [-0.25, -0.2) is 4.21 Å². The lowest BCUT2D eigenvalue weighted by molar-refractivity contribution is 0.688. The first kappa shape index (κ1) is 15.5. The van der Waals surface area contributed by atoms with Crippen LogP contribution in [0.2, 0.25) is 0 Å². The van der Waals surface area contributed by atoms with Gasteiger partial charge in [-0.2, -0.15) is 0 Å². The van der Waals surface area contributed by atoms with Gasteiger partial charge in [-0.15, -0.1) is 11.8 Å². The number of benzene rings is 2. The number of halogens is 1. The molecule has 0 bridgehead atoms. The first-order chi connectivity index (χ1) is 9.60. The van der Waals surface area contributed by atoms with Crippen LogP contribution in [-0.2, 0) is 10.8 Å². The Morgan fingerprint density at radius 1 is 1.10 bits per heavy atom. The minimum Gasteiger partial charge on any atom is -0.249 e. The molecule has 0 aliphatic carbocycles. The Kier molecular flexibility index (Phi) is 5.64. The highest BCUT2D eigenvalue weighted by atomic mass is 79.9. The summed E-state index contributed by atoms with van der Waals surface area (Å²) in [5, 5.41) is 0. The van der Waals surface area contributed by atoms with Crippen molar-refractivity contribution in [3.05, 3.63) is 68.4 Å². The predicted molar refractivity (Wildman–Crippen MR) is 93.2 cm³/mol. The fourth-order valence-electron chi connectivity index (χ4n) is 1.66. The van der Waals surface area contributed by atoms with Crippen LogP contribution in [0.15, 0.2) is 62.1 Å². The average Bonchev–Trinajstić information content (AvgIpc) is 2.47. The minimum absolute atomic E-state index is 0.841. The van der Waals surface area contributed by atoms with E-state index >= 15 is 0 Å². The van der Waals surface area contributed by atoms with Gasteiger partial charge < -0.3 is 0 Å². The van der Waals surface area contributed by atoms with Crippen molar-refractivity contribution in [3.8, 4) is 0 Å². The van der Waals surface area contributed by atoms with Crippen LogP contribution < -0.4 is 0 Å². The highest BCUT2D eigenvalue weighted by Gasteiger charge is 2.09. The van der Waals surface area contributed by atoms with Crippen LogP contribution in [0.3, 0.4) is 0 Å². The summed E-state index contributed by atoms with van der Waals surface area (Å²) in [6, 6.07) is 15.8. The van der Waals surface area contributed by atoms with Crippen molar-refractivity contribution < 1.29 is 4.21 Å². The Morgan fingerprint density at radius 2 is 1.70 bits per heavy atom. The molecular formula is C16H15BrOS2. The van der Waals surface area contributed by atoms with Crippen LogP contribution in [0, 0.1) is 6.92 Å². The lowest BCUT2D eigenvalue weighted by Gasteiger charge is -2.05. The van der Waals surface area contributed by atoms with Gasteiger partial charge in [0, 0.05) is 9.37 Å². The summed E-state index contributed by atoms with van der Waals surface area (Å²) in [7, 11) is -1.12. The Balaban J connectivity index is 2.29.